The molecule has 25 heavy (non-hydrogen) atoms. The maximum atomic E-state index is 11.7. The number of hydrogen-bond acceptors (Lipinski definition) is 3. The van der Waals surface area contributed by atoms with E-state index in [4.69, 9.17) is 0 Å². The number of hydrogen-bond donors (Lipinski definition) is 1. The Balaban J connectivity index is 1.83. The summed E-state index contributed by atoms with van der Waals surface area (Å²) in [6.45, 7) is 2.14. The first kappa shape index (κ1) is 17.2. The molecule has 1 N–H and O–H groups in total. The van der Waals surface area contributed by atoms with Crippen LogP contribution in [-0.4, -0.2) is 31.1 Å². The summed E-state index contributed by atoms with van der Waals surface area (Å²) in [6, 6.07) is 11.8. The zero-order valence-corrected chi connectivity index (χ0v) is 15.3. The molecule has 3 aromatic rings. The molecular weight excluding hydrogens is 332 g/mol. The first-order chi connectivity index (χ1) is 11.9. The first-order valence-electron chi connectivity index (χ1n) is 8.15. The van der Waals surface area contributed by atoms with Gasteiger partial charge in [-0.05, 0) is 42.1 Å². The highest BCUT2D eigenvalue weighted by molar-refractivity contribution is 8.00. The van der Waals surface area contributed by atoms with E-state index < -0.39 is 9.71 Å². The summed E-state index contributed by atoms with van der Waals surface area (Å²) in [6.07, 6.45) is 9.27. The van der Waals surface area contributed by atoms with Crippen LogP contribution in [0.2, 0.25) is 0 Å². The van der Waals surface area contributed by atoms with Crippen LogP contribution < -0.4 is 4.72 Å². The first-order valence-corrected chi connectivity index (χ1v) is 10.3. The Morgan fingerprint density at radius 1 is 1.20 bits per heavy atom. The van der Waals surface area contributed by atoms with Gasteiger partial charge in [-0.15, -0.1) is 0 Å². The molecule has 130 valence electrons. The fourth-order valence-electron chi connectivity index (χ4n) is 2.59. The highest BCUT2D eigenvalue weighted by atomic mass is 32.2. The van der Waals surface area contributed by atoms with Gasteiger partial charge in [0.25, 0.3) is 0 Å². The molecule has 0 aliphatic heterocycles. The van der Waals surface area contributed by atoms with Gasteiger partial charge < -0.3 is 4.72 Å². The Morgan fingerprint density at radius 2 is 1.96 bits per heavy atom. The number of nitrogens with zero attached hydrogens (tertiary/aromatic N) is 3. The average Bonchev–Trinajstić information content (AvgIpc) is 3.05. The topological polar surface area (TPSA) is 59.8 Å². The maximum absolute atomic E-state index is 11.7. The molecule has 3 rings (SSSR count). The van der Waals surface area contributed by atoms with Crippen LogP contribution >= 0.6 is 0 Å². The second-order valence-corrected chi connectivity index (χ2v) is 8.33. The van der Waals surface area contributed by atoms with Crippen molar-refractivity contribution in [2.24, 2.45) is 0 Å². The number of anilines is 1. The van der Waals surface area contributed by atoms with Crippen molar-refractivity contribution >= 4 is 21.3 Å². The summed E-state index contributed by atoms with van der Waals surface area (Å²) in [5.41, 5.74) is 4.94. The molecule has 0 amide bonds. The Kier molecular flexibility index (Phi) is 4.90. The van der Waals surface area contributed by atoms with Crippen LogP contribution in [-0.2, 0) is 16.1 Å². The molecule has 0 saturated heterocycles. The van der Waals surface area contributed by atoms with Gasteiger partial charge >= 0.3 is 0 Å². The SMILES string of the molecule is C=S(C)(=O)Nc1ccc(-c2cnn(-c3ccnc(CCC)c3)c2)cc1. The Morgan fingerprint density at radius 3 is 2.64 bits per heavy atom. The lowest BCUT2D eigenvalue weighted by atomic mass is 10.1. The van der Waals surface area contributed by atoms with E-state index in [9.17, 15) is 4.21 Å². The lowest BCUT2D eigenvalue weighted by Gasteiger charge is -2.07. The summed E-state index contributed by atoms with van der Waals surface area (Å²) in [5, 5.41) is 4.46. The van der Waals surface area contributed by atoms with E-state index in [0.717, 1.165) is 41.0 Å². The number of aromatic nitrogens is 3. The van der Waals surface area contributed by atoms with Crippen LogP contribution in [0.3, 0.4) is 0 Å². The average molecular weight is 354 g/mol. The van der Waals surface area contributed by atoms with Crippen LogP contribution in [0.1, 0.15) is 19.0 Å². The van der Waals surface area contributed by atoms with E-state index >= 15 is 0 Å². The lowest BCUT2D eigenvalue weighted by Crippen LogP contribution is -2.08. The van der Waals surface area contributed by atoms with Crippen molar-refractivity contribution in [1.29, 1.82) is 0 Å². The molecule has 1 atom stereocenters. The van der Waals surface area contributed by atoms with Gasteiger partial charge in [-0.25, -0.2) is 8.89 Å². The molecule has 2 heterocycles. The minimum absolute atomic E-state index is 0.789. The summed E-state index contributed by atoms with van der Waals surface area (Å²) in [7, 11) is -2.27. The molecule has 5 nitrogen and oxygen atoms in total. The second-order valence-electron chi connectivity index (χ2n) is 6.11. The zero-order chi connectivity index (χ0) is 17.9. The molecule has 0 spiro atoms. The Bertz CT molecular complexity index is 959. The molecule has 0 fully saturated rings. The van der Waals surface area contributed by atoms with Gasteiger partial charge in [0.15, 0.2) is 0 Å². The van der Waals surface area contributed by atoms with Crippen LogP contribution in [0.25, 0.3) is 16.8 Å². The fraction of sp³-hybridized carbons (Fsp3) is 0.211. The van der Waals surface area contributed by atoms with Crippen LogP contribution in [0.15, 0.2) is 55.0 Å². The minimum atomic E-state index is -2.27. The summed E-state index contributed by atoms with van der Waals surface area (Å²) >= 11 is 0. The Labute approximate surface area is 148 Å². The van der Waals surface area contributed by atoms with Crippen molar-refractivity contribution in [2.75, 3.05) is 11.0 Å². The van der Waals surface area contributed by atoms with Gasteiger partial charge in [-0.1, -0.05) is 25.5 Å². The molecule has 6 heteroatoms. The van der Waals surface area contributed by atoms with Crippen LogP contribution in [0, 0.1) is 0 Å². The molecule has 0 aliphatic rings. The smallest absolute Gasteiger partial charge is 0.0679 e. The molecule has 1 aromatic carbocycles. The summed E-state index contributed by atoms with van der Waals surface area (Å²) in [5.74, 6) is 3.60. The molecule has 1 unspecified atom stereocenters. The number of benzene rings is 1. The van der Waals surface area contributed by atoms with Crippen molar-refractivity contribution < 1.29 is 4.21 Å². The molecule has 0 aliphatic carbocycles. The van der Waals surface area contributed by atoms with Gasteiger partial charge in [0.1, 0.15) is 0 Å². The number of rotatable bonds is 6. The normalized spacial score (nSPS) is 13.4. The van der Waals surface area contributed by atoms with Gasteiger partial charge in [0.05, 0.1) is 11.9 Å². The second kappa shape index (κ2) is 7.11. The van der Waals surface area contributed by atoms with Crippen molar-refractivity contribution in [1.82, 2.24) is 14.8 Å². The fourth-order valence-corrected chi connectivity index (χ4v) is 3.23. The lowest BCUT2D eigenvalue weighted by molar-refractivity contribution is 0.688. The Hall–Kier alpha value is -2.60. The van der Waals surface area contributed by atoms with Gasteiger partial charge in [0.2, 0.25) is 0 Å². The maximum Gasteiger partial charge on any atom is 0.0679 e. The van der Waals surface area contributed by atoms with Crippen LogP contribution in [0.4, 0.5) is 5.69 Å². The third kappa shape index (κ3) is 4.48. The predicted octanol–water partition coefficient (Wildman–Crippen LogP) is 3.56. The van der Waals surface area contributed by atoms with E-state index in [0.29, 0.717) is 0 Å². The van der Waals surface area contributed by atoms with Gasteiger partial charge in [-0.2, -0.15) is 5.10 Å². The largest absolute Gasteiger partial charge is 0.313 e. The van der Waals surface area contributed by atoms with E-state index in [1.807, 2.05) is 53.6 Å². The summed E-state index contributed by atoms with van der Waals surface area (Å²) in [4.78, 5) is 4.38. The third-order valence-electron chi connectivity index (χ3n) is 3.71. The molecular formula is C19H22N4OS. The van der Waals surface area contributed by atoms with Gasteiger partial charge in [0, 0.05) is 45.3 Å². The van der Waals surface area contributed by atoms with Crippen molar-refractivity contribution in [3.05, 3.63) is 60.7 Å². The minimum Gasteiger partial charge on any atom is -0.313 e. The highest BCUT2D eigenvalue weighted by Gasteiger charge is 2.05. The standard InChI is InChI=1S/C19H22N4OS/c1-4-5-18-12-19(10-11-20-18)23-14-16(13-21-23)15-6-8-17(9-7-15)22-25(2,3)24/h6-14H,2,4-5H2,1,3H3,(H,22,24). The quantitative estimate of drug-likeness (QED) is 0.689. The van der Waals surface area contributed by atoms with Crippen molar-refractivity contribution in [2.45, 2.75) is 19.8 Å². The van der Waals surface area contributed by atoms with E-state index in [-0.39, 0.29) is 0 Å². The van der Waals surface area contributed by atoms with E-state index in [1.54, 1.807) is 6.26 Å². The van der Waals surface area contributed by atoms with Crippen molar-refractivity contribution in [3.8, 4) is 16.8 Å². The molecule has 2 aromatic heterocycles. The molecule has 0 bridgehead atoms. The monoisotopic (exact) mass is 354 g/mol. The zero-order valence-electron chi connectivity index (χ0n) is 14.5. The van der Waals surface area contributed by atoms with E-state index in [2.05, 4.69) is 33.7 Å². The van der Waals surface area contributed by atoms with Crippen LogP contribution in [0.5, 0.6) is 0 Å². The van der Waals surface area contributed by atoms with E-state index in [1.165, 1.54) is 0 Å². The molecule has 0 saturated carbocycles. The molecule has 0 radical (unpaired) electrons. The van der Waals surface area contributed by atoms with Gasteiger partial charge in [-0.3, -0.25) is 4.98 Å². The number of nitrogens with one attached hydrogen (secondary N) is 1. The summed E-state index contributed by atoms with van der Waals surface area (Å²) < 4.78 is 16.5. The predicted molar refractivity (Wildman–Crippen MR) is 106 cm³/mol. The third-order valence-corrected chi connectivity index (χ3v) is 4.37. The van der Waals surface area contributed by atoms with Crippen molar-refractivity contribution in [3.63, 3.8) is 0 Å². The number of aryl methyl sites for hydroxylation is 1. The number of pyridine rings is 1. The highest BCUT2D eigenvalue weighted by Crippen LogP contribution is 2.22.